The van der Waals surface area contributed by atoms with E-state index >= 15 is 0 Å². The first-order valence-electron chi connectivity index (χ1n) is 21.2. The van der Waals surface area contributed by atoms with Crippen LogP contribution in [-0.2, 0) is 0 Å². The standard InChI is InChI=1S/C60H41NO/c1-3-11-42(12-4-1)44-21-23-45(24-22-44)47-29-35-53(36-30-47)61(55-39-33-49(34-40-55)52-16-9-15-51(41-52)43-13-5-2-6-14-43)54-37-31-48(32-38-54)46-25-27-50(28-26-46)56-18-10-19-58-57-17-7-8-20-59(57)62-60(56)58/h1-41H. The first kappa shape index (κ1) is 36.8. The van der Waals surface area contributed by atoms with Gasteiger partial charge in [-0.3, -0.25) is 0 Å². The third-order valence-electron chi connectivity index (χ3n) is 11.9. The monoisotopic (exact) mass is 791 g/mol. The summed E-state index contributed by atoms with van der Waals surface area (Å²) in [5.74, 6) is 0. The van der Waals surface area contributed by atoms with E-state index in [1.807, 2.05) is 12.1 Å². The summed E-state index contributed by atoms with van der Waals surface area (Å²) in [4.78, 5) is 2.34. The number of anilines is 3. The van der Waals surface area contributed by atoms with Crippen molar-refractivity contribution in [3.05, 3.63) is 249 Å². The van der Waals surface area contributed by atoms with Crippen molar-refractivity contribution in [1.82, 2.24) is 0 Å². The Kier molecular flexibility index (Phi) is 9.57. The second-order valence-corrected chi connectivity index (χ2v) is 15.7. The van der Waals surface area contributed by atoms with Crippen LogP contribution in [0, 0.1) is 0 Å². The molecule has 292 valence electrons. The van der Waals surface area contributed by atoms with Crippen LogP contribution in [0.3, 0.4) is 0 Å². The molecule has 11 aromatic rings. The van der Waals surface area contributed by atoms with Gasteiger partial charge in [0.15, 0.2) is 0 Å². The minimum atomic E-state index is 0.912. The third kappa shape index (κ3) is 7.14. The van der Waals surface area contributed by atoms with E-state index in [1.165, 1.54) is 44.5 Å². The van der Waals surface area contributed by atoms with Gasteiger partial charge in [-0.2, -0.15) is 0 Å². The van der Waals surface area contributed by atoms with Crippen LogP contribution in [-0.4, -0.2) is 0 Å². The molecule has 0 aliphatic rings. The highest BCUT2D eigenvalue weighted by Gasteiger charge is 2.16. The van der Waals surface area contributed by atoms with Crippen LogP contribution in [0.5, 0.6) is 0 Å². The van der Waals surface area contributed by atoms with Crippen molar-refractivity contribution in [3.63, 3.8) is 0 Å². The fraction of sp³-hybridized carbons (Fsp3) is 0. The van der Waals surface area contributed by atoms with Gasteiger partial charge >= 0.3 is 0 Å². The number of hydrogen-bond donors (Lipinski definition) is 0. The quantitative estimate of drug-likeness (QED) is 0.145. The van der Waals surface area contributed by atoms with Gasteiger partial charge in [0.05, 0.1) is 0 Å². The van der Waals surface area contributed by atoms with Crippen molar-refractivity contribution < 1.29 is 4.42 Å². The molecule has 11 rings (SSSR count). The molecule has 0 unspecified atom stereocenters. The topological polar surface area (TPSA) is 16.4 Å². The van der Waals surface area contributed by atoms with Crippen LogP contribution in [0.2, 0.25) is 0 Å². The first-order valence-corrected chi connectivity index (χ1v) is 21.2. The molecule has 1 aromatic heterocycles. The Balaban J connectivity index is 0.907. The van der Waals surface area contributed by atoms with Gasteiger partial charge in [-0.1, -0.05) is 200 Å². The molecular formula is C60H41NO. The second-order valence-electron chi connectivity index (χ2n) is 15.7. The fourth-order valence-electron chi connectivity index (χ4n) is 8.67. The first-order chi connectivity index (χ1) is 30.7. The maximum absolute atomic E-state index is 6.36. The van der Waals surface area contributed by atoms with Gasteiger partial charge in [-0.05, 0) is 110 Å². The van der Waals surface area contributed by atoms with E-state index < -0.39 is 0 Å². The van der Waals surface area contributed by atoms with Gasteiger partial charge in [0, 0.05) is 33.4 Å². The Bertz CT molecular complexity index is 3280. The molecule has 0 atom stereocenters. The number of benzene rings is 10. The second kappa shape index (κ2) is 16.1. The maximum atomic E-state index is 6.36. The highest BCUT2D eigenvalue weighted by molar-refractivity contribution is 6.09. The van der Waals surface area contributed by atoms with Crippen LogP contribution >= 0.6 is 0 Å². The number of rotatable bonds is 9. The molecule has 0 fully saturated rings. The zero-order valence-electron chi connectivity index (χ0n) is 34.0. The van der Waals surface area contributed by atoms with Gasteiger partial charge in [0.25, 0.3) is 0 Å². The minimum Gasteiger partial charge on any atom is -0.455 e. The van der Waals surface area contributed by atoms with Crippen LogP contribution in [0.25, 0.3) is 88.7 Å². The van der Waals surface area contributed by atoms with Crippen LogP contribution in [0.4, 0.5) is 17.1 Å². The zero-order valence-corrected chi connectivity index (χ0v) is 34.0. The number of para-hydroxylation sites is 2. The molecule has 0 spiro atoms. The van der Waals surface area contributed by atoms with E-state index in [9.17, 15) is 0 Å². The molecule has 62 heavy (non-hydrogen) atoms. The van der Waals surface area contributed by atoms with E-state index in [2.05, 4.69) is 241 Å². The smallest absolute Gasteiger partial charge is 0.143 e. The summed E-state index contributed by atoms with van der Waals surface area (Å²) in [6.07, 6.45) is 0. The molecule has 2 nitrogen and oxygen atoms in total. The van der Waals surface area contributed by atoms with Gasteiger partial charge in [0.2, 0.25) is 0 Å². The van der Waals surface area contributed by atoms with E-state index in [-0.39, 0.29) is 0 Å². The Labute approximate surface area is 362 Å². The van der Waals surface area contributed by atoms with E-state index in [0.29, 0.717) is 0 Å². The lowest BCUT2D eigenvalue weighted by Crippen LogP contribution is -2.09. The molecule has 2 heteroatoms. The summed E-state index contributed by atoms with van der Waals surface area (Å²) in [6, 6.07) is 88.9. The predicted octanol–water partition coefficient (Wildman–Crippen LogP) is 17.1. The molecule has 0 amide bonds. The summed E-state index contributed by atoms with van der Waals surface area (Å²) in [6.45, 7) is 0. The summed E-state index contributed by atoms with van der Waals surface area (Å²) in [7, 11) is 0. The number of nitrogens with zero attached hydrogens (tertiary/aromatic N) is 1. The summed E-state index contributed by atoms with van der Waals surface area (Å²) >= 11 is 0. The normalized spacial score (nSPS) is 11.2. The average molecular weight is 792 g/mol. The van der Waals surface area contributed by atoms with Gasteiger partial charge in [-0.25, -0.2) is 0 Å². The van der Waals surface area contributed by atoms with Crippen LogP contribution in [0.1, 0.15) is 0 Å². The summed E-state index contributed by atoms with van der Waals surface area (Å²) in [5.41, 5.74) is 19.2. The minimum absolute atomic E-state index is 0.912. The van der Waals surface area contributed by atoms with E-state index in [1.54, 1.807) is 0 Å². The molecule has 0 bridgehead atoms. The molecule has 0 saturated heterocycles. The van der Waals surface area contributed by atoms with Crippen molar-refractivity contribution in [1.29, 1.82) is 0 Å². The van der Waals surface area contributed by atoms with Crippen molar-refractivity contribution >= 4 is 39.0 Å². The Hall–Kier alpha value is -8.20. The lowest BCUT2D eigenvalue weighted by atomic mass is 9.98. The summed E-state index contributed by atoms with van der Waals surface area (Å²) in [5, 5.41) is 2.28. The Morgan fingerprint density at radius 2 is 0.581 bits per heavy atom. The van der Waals surface area contributed by atoms with Gasteiger partial charge in [0.1, 0.15) is 11.2 Å². The molecule has 0 radical (unpaired) electrons. The zero-order chi connectivity index (χ0) is 41.2. The molecule has 0 saturated carbocycles. The lowest BCUT2D eigenvalue weighted by molar-refractivity contribution is 0.670. The largest absolute Gasteiger partial charge is 0.455 e. The fourth-order valence-corrected chi connectivity index (χ4v) is 8.67. The number of furan rings is 1. The molecule has 10 aromatic carbocycles. The highest BCUT2D eigenvalue weighted by atomic mass is 16.3. The average Bonchev–Trinajstić information content (AvgIpc) is 3.75. The van der Waals surface area contributed by atoms with Gasteiger partial charge < -0.3 is 9.32 Å². The third-order valence-corrected chi connectivity index (χ3v) is 11.9. The van der Waals surface area contributed by atoms with Crippen LogP contribution < -0.4 is 4.90 Å². The number of fused-ring (bicyclic) bond motifs is 3. The molecule has 0 aliphatic carbocycles. The maximum Gasteiger partial charge on any atom is 0.143 e. The van der Waals surface area contributed by atoms with Gasteiger partial charge in [-0.15, -0.1) is 0 Å². The van der Waals surface area contributed by atoms with Crippen molar-refractivity contribution in [3.8, 4) is 66.8 Å². The Morgan fingerprint density at radius 3 is 1.08 bits per heavy atom. The van der Waals surface area contributed by atoms with Crippen molar-refractivity contribution in [2.45, 2.75) is 0 Å². The van der Waals surface area contributed by atoms with Crippen molar-refractivity contribution in [2.75, 3.05) is 4.90 Å². The molecule has 0 N–H and O–H groups in total. The number of hydrogen-bond acceptors (Lipinski definition) is 2. The molecule has 0 aliphatic heterocycles. The Morgan fingerprint density at radius 1 is 0.242 bits per heavy atom. The predicted molar refractivity (Wildman–Crippen MR) is 261 cm³/mol. The SMILES string of the molecule is c1ccc(-c2ccc(-c3ccc(N(c4ccc(-c5ccc(-c6cccc7c6oc6ccccc67)cc5)cc4)c4ccc(-c5cccc(-c6ccccc6)c5)cc4)cc3)cc2)cc1. The summed E-state index contributed by atoms with van der Waals surface area (Å²) < 4.78 is 6.36. The van der Waals surface area contributed by atoms with Crippen molar-refractivity contribution in [2.24, 2.45) is 0 Å². The van der Waals surface area contributed by atoms with E-state index in [0.717, 1.165) is 61.3 Å². The molecule has 1 heterocycles. The molecular weight excluding hydrogens is 751 g/mol. The van der Waals surface area contributed by atoms with E-state index in [4.69, 9.17) is 4.42 Å². The lowest BCUT2D eigenvalue weighted by Gasteiger charge is -2.26. The van der Waals surface area contributed by atoms with Crippen LogP contribution in [0.15, 0.2) is 253 Å². The highest BCUT2D eigenvalue weighted by Crippen LogP contribution is 2.40.